The fourth-order valence-corrected chi connectivity index (χ4v) is 3.23. The average molecular weight is 355 g/mol. The van der Waals surface area contributed by atoms with E-state index < -0.39 is 11.8 Å². The van der Waals surface area contributed by atoms with Gasteiger partial charge in [-0.1, -0.05) is 26.0 Å². The van der Waals surface area contributed by atoms with Crippen LogP contribution in [0.4, 0.5) is 4.39 Å². The van der Waals surface area contributed by atoms with E-state index in [1.807, 2.05) is 19.2 Å². The van der Waals surface area contributed by atoms with E-state index in [0.29, 0.717) is 27.4 Å². The summed E-state index contributed by atoms with van der Waals surface area (Å²) in [5.41, 5.74) is 2.12. The van der Waals surface area contributed by atoms with Crippen molar-refractivity contribution in [3.05, 3.63) is 53.5 Å². The van der Waals surface area contributed by atoms with E-state index in [0.717, 1.165) is 11.8 Å². The number of nitrogens with zero attached hydrogens (tertiary/aromatic N) is 3. The molecule has 0 saturated carbocycles. The second-order valence-corrected chi connectivity index (χ2v) is 6.57. The Balaban J connectivity index is 2.45. The van der Waals surface area contributed by atoms with E-state index >= 15 is 0 Å². The number of hydrogen-bond donors (Lipinski definition) is 1. The molecule has 0 aliphatic heterocycles. The number of benzene rings is 1. The first-order chi connectivity index (χ1) is 11.9. The van der Waals surface area contributed by atoms with Gasteiger partial charge in [0.25, 0.3) is 0 Å². The molecule has 5 nitrogen and oxygen atoms in total. The summed E-state index contributed by atoms with van der Waals surface area (Å²) in [5, 5.41) is 25.8. The van der Waals surface area contributed by atoms with Gasteiger partial charge in [-0.05, 0) is 35.7 Å². The minimum absolute atomic E-state index is 0.0979. The highest BCUT2D eigenvalue weighted by Crippen LogP contribution is 2.35. The van der Waals surface area contributed by atoms with Crippen LogP contribution in [0.2, 0.25) is 0 Å². The Morgan fingerprint density at radius 1 is 1.28 bits per heavy atom. The minimum Gasteiger partial charge on any atom is -0.478 e. The van der Waals surface area contributed by atoms with E-state index in [1.54, 1.807) is 28.8 Å². The van der Waals surface area contributed by atoms with E-state index in [2.05, 4.69) is 5.10 Å². The predicted octanol–water partition coefficient (Wildman–Crippen LogP) is 4.54. The molecule has 1 aromatic carbocycles. The Morgan fingerprint density at radius 3 is 2.52 bits per heavy atom. The maximum Gasteiger partial charge on any atom is 0.338 e. The Hall–Kier alpha value is -2.85. The third-order valence-electron chi connectivity index (χ3n) is 3.83. The average Bonchev–Trinajstić information content (AvgIpc) is 2.97. The van der Waals surface area contributed by atoms with Gasteiger partial charge in [0.15, 0.2) is 0 Å². The van der Waals surface area contributed by atoms with Crippen molar-refractivity contribution in [2.45, 2.75) is 24.8 Å². The van der Waals surface area contributed by atoms with E-state index in [4.69, 9.17) is 5.26 Å². The quantitative estimate of drug-likeness (QED) is 0.549. The summed E-state index contributed by atoms with van der Waals surface area (Å²) in [6, 6.07) is 9.12. The number of carboxylic acid groups (broad SMARTS) is 1. The smallest absolute Gasteiger partial charge is 0.338 e. The number of aromatic nitrogens is 2. The van der Waals surface area contributed by atoms with Gasteiger partial charge in [0.05, 0.1) is 16.8 Å². The van der Waals surface area contributed by atoms with Gasteiger partial charge in [-0.15, -0.1) is 0 Å². The Kier molecular flexibility index (Phi) is 4.47. The zero-order valence-corrected chi connectivity index (χ0v) is 14.3. The molecule has 0 unspecified atom stereocenters. The molecule has 25 heavy (non-hydrogen) atoms. The maximum atomic E-state index is 13.3. The number of carboxylic acids is 1. The second kappa shape index (κ2) is 6.57. The van der Waals surface area contributed by atoms with Gasteiger partial charge in [-0.2, -0.15) is 10.4 Å². The molecule has 0 amide bonds. The molecule has 0 saturated heterocycles. The van der Waals surface area contributed by atoms with Gasteiger partial charge < -0.3 is 5.11 Å². The highest BCUT2D eigenvalue weighted by Gasteiger charge is 2.25. The van der Waals surface area contributed by atoms with Crippen molar-refractivity contribution in [3.63, 3.8) is 0 Å². The van der Waals surface area contributed by atoms with Crippen LogP contribution in [0.1, 0.15) is 35.8 Å². The Bertz CT molecular complexity index is 1000. The van der Waals surface area contributed by atoms with Crippen LogP contribution < -0.4 is 0 Å². The molecule has 3 aromatic rings. The van der Waals surface area contributed by atoms with Crippen molar-refractivity contribution in [2.75, 3.05) is 0 Å². The normalized spacial score (nSPS) is 11.0. The van der Waals surface area contributed by atoms with Gasteiger partial charge in [0, 0.05) is 17.3 Å². The molecule has 0 spiro atoms. The number of fused-ring (bicyclic) bond motifs is 1. The van der Waals surface area contributed by atoms with Gasteiger partial charge in [0.2, 0.25) is 0 Å². The number of thioether (sulfide) groups is 1. The molecule has 0 atom stereocenters. The van der Waals surface area contributed by atoms with Crippen LogP contribution in [0.5, 0.6) is 0 Å². The first-order valence-corrected chi connectivity index (χ1v) is 8.36. The monoisotopic (exact) mass is 355 g/mol. The van der Waals surface area contributed by atoms with Crippen molar-refractivity contribution in [1.29, 1.82) is 5.26 Å². The van der Waals surface area contributed by atoms with Gasteiger partial charge in [0.1, 0.15) is 16.2 Å². The SMILES string of the molecule is CC(C)c1nn2c(SC#N)ccc2c(-c2ccc(F)cc2)c1C(=O)O. The van der Waals surface area contributed by atoms with Crippen LogP contribution in [-0.4, -0.2) is 20.7 Å². The van der Waals surface area contributed by atoms with Crippen LogP contribution in [0, 0.1) is 16.5 Å². The van der Waals surface area contributed by atoms with Gasteiger partial charge in [-0.3, -0.25) is 0 Å². The number of aromatic carboxylic acids is 1. The number of halogens is 1. The van der Waals surface area contributed by atoms with E-state index in [-0.39, 0.29) is 11.5 Å². The molecule has 0 radical (unpaired) electrons. The fraction of sp³-hybridized carbons (Fsp3) is 0.167. The highest BCUT2D eigenvalue weighted by atomic mass is 32.2. The summed E-state index contributed by atoms with van der Waals surface area (Å²) in [5.74, 6) is -1.63. The van der Waals surface area contributed by atoms with Crippen molar-refractivity contribution >= 4 is 23.2 Å². The molecule has 3 rings (SSSR count). The molecule has 2 heterocycles. The summed E-state index contributed by atoms with van der Waals surface area (Å²) in [6.45, 7) is 3.71. The molecule has 7 heteroatoms. The van der Waals surface area contributed by atoms with Crippen molar-refractivity contribution in [3.8, 4) is 16.5 Å². The Labute approximate surface area is 147 Å². The second-order valence-electron chi connectivity index (χ2n) is 5.76. The van der Waals surface area contributed by atoms with Crippen molar-refractivity contribution < 1.29 is 14.3 Å². The summed E-state index contributed by atoms with van der Waals surface area (Å²) < 4.78 is 14.9. The molecule has 126 valence electrons. The van der Waals surface area contributed by atoms with Crippen LogP contribution in [0.25, 0.3) is 16.6 Å². The molecular formula is C18H14FN3O2S. The summed E-state index contributed by atoms with van der Waals surface area (Å²) >= 11 is 0.951. The van der Waals surface area contributed by atoms with E-state index in [9.17, 15) is 14.3 Å². The van der Waals surface area contributed by atoms with Crippen LogP contribution in [-0.2, 0) is 0 Å². The van der Waals surface area contributed by atoms with Gasteiger partial charge >= 0.3 is 5.97 Å². The number of nitriles is 1. The van der Waals surface area contributed by atoms with Crippen molar-refractivity contribution in [2.24, 2.45) is 0 Å². The first kappa shape index (κ1) is 17.0. The first-order valence-electron chi connectivity index (χ1n) is 7.54. The number of thiocyanates is 1. The largest absolute Gasteiger partial charge is 0.478 e. The van der Waals surface area contributed by atoms with Crippen LogP contribution >= 0.6 is 11.8 Å². The molecule has 0 bridgehead atoms. The summed E-state index contributed by atoms with van der Waals surface area (Å²) in [4.78, 5) is 12.0. The fourth-order valence-electron chi connectivity index (χ4n) is 2.77. The lowest BCUT2D eigenvalue weighted by Gasteiger charge is -2.16. The predicted molar refractivity (Wildman–Crippen MR) is 93.1 cm³/mol. The number of carbonyl (C=O) groups is 1. The standard InChI is InChI=1S/C18H14FN3O2S/c1-10(2)17-16(18(23)24)15(11-3-5-12(19)6-4-11)13-7-8-14(25-9-20)22(13)21-17/h3-8,10H,1-2H3,(H,23,24). The maximum absolute atomic E-state index is 13.3. The summed E-state index contributed by atoms with van der Waals surface area (Å²) in [7, 11) is 0. The zero-order chi connectivity index (χ0) is 18.1. The molecule has 2 aromatic heterocycles. The third-order valence-corrected chi connectivity index (χ3v) is 4.44. The van der Waals surface area contributed by atoms with Crippen LogP contribution in [0.3, 0.4) is 0 Å². The molecule has 0 fully saturated rings. The highest BCUT2D eigenvalue weighted by molar-refractivity contribution is 8.03. The third kappa shape index (κ3) is 2.96. The Morgan fingerprint density at radius 2 is 1.96 bits per heavy atom. The molecule has 1 N–H and O–H groups in total. The topological polar surface area (TPSA) is 78.4 Å². The van der Waals surface area contributed by atoms with Gasteiger partial charge in [-0.25, -0.2) is 13.7 Å². The van der Waals surface area contributed by atoms with Crippen molar-refractivity contribution in [1.82, 2.24) is 9.61 Å². The zero-order valence-electron chi connectivity index (χ0n) is 13.5. The van der Waals surface area contributed by atoms with E-state index in [1.165, 1.54) is 12.1 Å². The lowest BCUT2D eigenvalue weighted by atomic mass is 9.94. The van der Waals surface area contributed by atoms with Crippen LogP contribution in [0.15, 0.2) is 41.4 Å². The lowest BCUT2D eigenvalue weighted by molar-refractivity contribution is 0.0695. The summed E-state index contributed by atoms with van der Waals surface area (Å²) in [6.07, 6.45) is 0. The number of rotatable bonds is 4. The molecular weight excluding hydrogens is 341 g/mol. The number of hydrogen-bond acceptors (Lipinski definition) is 4. The molecule has 0 aliphatic carbocycles. The molecule has 0 aliphatic rings. The lowest BCUT2D eigenvalue weighted by Crippen LogP contribution is -2.13. The minimum atomic E-state index is -1.09.